The van der Waals surface area contributed by atoms with Crippen LogP contribution < -0.4 is 0 Å². The normalized spacial score (nSPS) is 15.3. The molecule has 0 amide bonds. The molecule has 6 aromatic carbocycles. The largest absolute Gasteiger partial charge is 0.456 e. The Kier molecular flexibility index (Phi) is 10.1. The first-order valence-corrected chi connectivity index (χ1v) is 20.8. The van der Waals surface area contributed by atoms with Gasteiger partial charge in [-0.25, -0.2) is 15.0 Å². The Morgan fingerprint density at radius 2 is 1.32 bits per heavy atom. The minimum absolute atomic E-state index is 0.303. The topological polar surface area (TPSA) is 51.8 Å². The Hall–Kier alpha value is -7.43. The van der Waals surface area contributed by atoms with Crippen LogP contribution in [0.15, 0.2) is 193 Å². The van der Waals surface area contributed by atoms with Gasteiger partial charge in [-0.3, -0.25) is 0 Å². The molecule has 0 spiro atoms. The van der Waals surface area contributed by atoms with E-state index >= 15 is 0 Å². The fourth-order valence-electron chi connectivity index (χ4n) is 8.52. The van der Waals surface area contributed by atoms with Gasteiger partial charge in [0.1, 0.15) is 11.2 Å². The third kappa shape index (κ3) is 7.40. The van der Waals surface area contributed by atoms with E-state index < -0.39 is 0 Å². The third-order valence-corrected chi connectivity index (χ3v) is 11.7. The van der Waals surface area contributed by atoms with Crippen LogP contribution in [0.3, 0.4) is 0 Å². The summed E-state index contributed by atoms with van der Waals surface area (Å²) in [6, 6.07) is 50.8. The Morgan fingerprint density at radius 3 is 2.07 bits per heavy atom. The van der Waals surface area contributed by atoms with E-state index in [9.17, 15) is 0 Å². The minimum atomic E-state index is 0.303. The van der Waals surface area contributed by atoms with E-state index in [0.717, 1.165) is 74.6 Å². The average molecular weight is 774 g/mol. The summed E-state index contributed by atoms with van der Waals surface area (Å²) in [5.41, 5.74) is 14.2. The fraction of sp³-hybridized carbons (Fsp3) is 0.0893. The lowest BCUT2D eigenvalue weighted by Gasteiger charge is -2.18. The Labute approximate surface area is 351 Å². The molecule has 60 heavy (non-hydrogen) atoms. The van der Waals surface area contributed by atoms with Crippen molar-refractivity contribution < 1.29 is 4.42 Å². The molecule has 0 saturated carbocycles. The summed E-state index contributed by atoms with van der Waals surface area (Å²) in [5, 5.41) is 2.05. The van der Waals surface area contributed by atoms with Crippen LogP contribution in [-0.4, -0.2) is 15.0 Å². The molecule has 0 saturated heterocycles. The van der Waals surface area contributed by atoms with E-state index in [1.165, 1.54) is 27.8 Å². The molecule has 2 aromatic heterocycles. The summed E-state index contributed by atoms with van der Waals surface area (Å²) in [6.07, 6.45) is 20.8. The van der Waals surface area contributed by atoms with Gasteiger partial charge in [-0.05, 0) is 94.0 Å². The smallest absolute Gasteiger partial charge is 0.165 e. The summed E-state index contributed by atoms with van der Waals surface area (Å²) in [7, 11) is 0. The molecule has 4 nitrogen and oxygen atoms in total. The van der Waals surface area contributed by atoms with E-state index in [-0.39, 0.29) is 0 Å². The lowest BCUT2D eigenvalue weighted by atomic mass is 9.90. The van der Waals surface area contributed by atoms with Crippen LogP contribution in [-0.2, 0) is 6.42 Å². The van der Waals surface area contributed by atoms with Crippen LogP contribution in [0.2, 0.25) is 0 Å². The van der Waals surface area contributed by atoms with Crippen molar-refractivity contribution in [3.63, 3.8) is 0 Å². The molecular weight excluding hydrogens is 731 g/mol. The monoisotopic (exact) mass is 773 g/mol. The van der Waals surface area contributed by atoms with Gasteiger partial charge >= 0.3 is 0 Å². The lowest BCUT2D eigenvalue weighted by Crippen LogP contribution is -2.08. The molecule has 0 N–H and O–H groups in total. The Morgan fingerprint density at radius 1 is 0.617 bits per heavy atom. The first-order valence-electron chi connectivity index (χ1n) is 20.8. The number of fused-ring (bicyclic) bond motifs is 3. The van der Waals surface area contributed by atoms with Gasteiger partial charge in [0.25, 0.3) is 0 Å². The molecule has 2 aliphatic carbocycles. The molecule has 2 aliphatic rings. The molecule has 8 aromatic rings. The van der Waals surface area contributed by atoms with Crippen LogP contribution in [0.4, 0.5) is 0 Å². The van der Waals surface area contributed by atoms with Gasteiger partial charge in [0, 0.05) is 27.8 Å². The molecule has 0 aliphatic heterocycles. The van der Waals surface area contributed by atoms with Crippen molar-refractivity contribution in [2.75, 3.05) is 0 Å². The van der Waals surface area contributed by atoms with Crippen molar-refractivity contribution in [1.29, 1.82) is 0 Å². The van der Waals surface area contributed by atoms with Crippen molar-refractivity contribution in [3.05, 3.63) is 228 Å². The zero-order valence-corrected chi connectivity index (χ0v) is 33.3. The predicted octanol–water partition coefficient (Wildman–Crippen LogP) is 14.4. The van der Waals surface area contributed by atoms with E-state index in [2.05, 4.69) is 177 Å². The summed E-state index contributed by atoms with van der Waals surface area (Å²) >= 11 is 0. The van der Waals surface area contributed by atoms with Crippen molar-refractivity contribution >= 4 is 50.8 Å². The van der Waals surface area contributed by atoms with E-state index in [4.69, 9.17) is 19.4 Å². The molecule has 288 valence electrons. The van der Waals surface area contributed by atoms with E-state index in [0.29, 0.717) is 29.8 Å². The van der Waals surface area contributed by atoms with Gasteiger partial charge < -0.3 is 4.42 Å². The molecule has 1 unspecified atom stereocenters. The van der Waals surface area contributed by atoms with Crippen LogP contribution in [0.5, 0.6) is 0 Å². The maximum Gasteiger partial charge on any atom is 0.165 e. The van der Waals surface area contributed by atoms with Crippen LogP contribution in [0.25, 0.3) is 73.3 Å². The van der Waals surface area contributed by atoms with Gasteiger partial charge in [0.05, 0.1) is 0 Å². The van der Waals surface area contributed by atoms with Crippen molar-refractivity contribution in [2.24, 2.45) is 0 Å². The molecule has 0 radical (unpaired) electrons. The average Bonchev–Trinajstić information content (AvgIpc) is 3.71. The number of nitrogens with zero attached hydrogens (tertiary/aromatic N) is 3. The Bertz CT molecular complexity index is 3040. The number of rotatable bonds is 10. The lowest BCUT2D eigenvalue weighted by molar-refractivity contribution is 0.669. The van der Waals surface area contributed by atoms with E-state index in [1.54, 1.807) is 0 Å². The maximum atomic E-state index is 6.49. The number of benzene rings is 6. The van der Waals surface area contributed by atoms with Gasteiger partial charge in [-0.15, -0.1) is 0 Å². The highest BCUT2D eigenvalue weighted by molar-refractivity contribution is 6.12. The van der Waals surface area contributed by atoms with Gasteiger partial charge in [0.2, 0.25) is 0 Å². The zero-order chi connectivity index (χ0) is 40.3. The molecule has 4 heteroatoms. The van der Waals surface area contributed by atoms with Crippen LogP contribution in [0, 0.1) is 0 Å². The van der Waals surface area contributed by atoms with Crippen molar-refractivity contribution in [1.82, 2.24) is 15.0 Å². The van der Waals surface area contributed by atoms with Crippen molar-refractivity contribution in [3.8, 4) is 22.5 Å². The minimum Gasteiger partial charge on any atom is -0.456 e. The van der Waals surface area contributed by atoms with Gasteiger partial charge in [-0.1, -0.05) is 183 Å². The summed E-state index contributed by atoms with van der Waals surface area (Å²) in [6.45, 7) is 4.12. The summed E-state index contributed by atoms with van der Waals surface area (Å²) in [4.78, 5) is 16.0. The number of hydrogen-bond donors (Lipinski definition) is 0. The molecule has 0 fully saturated rings. The molecule has 2 heterocycles. The van der Waals surface area contributed by atoms with Gasteiger partial charge in [0.15, 0.2) is 17.5 Å². The maximum absolute atomic E-state index is 6.49. The molecule has 1 atom stereocenters. The number of furan rings is 1. The summed E-state index contributed by atoms with van der Waals surface area (Å²) < 4.78 is 6.49. The fourth-order valence-corrected chi connectivity index (χ4v) is 8.52. The SMILES string of the molecule is C=Cc1ccc(-c2ccccc2)cc1/C=C\Cc1ccc2oc3ccccc3c2c1-c1nc(C2=CCC(c3ccccc3)C=C2)nc(C2=CC=C(c3ccccc3)CC2)n1. The van der Waals surface area contributed by atoms with Crippen LogP contribution >= 0.6 is 0 Å². The predicted molar refractivity (Wildman–Crippen MR) is 250 cm³/mol. The number of para-hydroxylation sites is 1. The second kappa shape index (κ2) is 16.4. The highest BCUT2D eigenvalue weighted by Crippen LogP contribution is 2.40. The number of aromatic nitrogens is 3. The standard InChI is InChI=1S/C56H43N3O/c1-2-38-25-34-48(41-19-10-5-11-20-41)37-47(38)22-14-21-44-35-36-51-53(49-23-12-13-24-50(49)60-51)52(44)56-58-54(45-30-26-42(27-31-45)39-15-6-3-7-16-39)57-55(59-56)46-32-28-43(29-33-46)40-17-8-4-9-18-40/h2-20,22-26,28,30-32,34-37,42H,1,21,27,29,33H2/b22-14-. The van der Waals surface area contributed by atoms with Crippen LogP contribution in [0.1, 0.15) is 64.6 Å². The number of hydrogen-bond acceptors (Lipinski definition) is 4. The van der Waals surface area contributed by atoms with Crippen molar-refractivity contribution in [2.45, 2.75) is 31.6 Å². The molecular formula is C56H43N3O. The summed E-state index contributed by atoms with van der Waals surface area (Å²) in [5.74, 6) is 2.33. The molecule has 10 rings (SSSR count). The second-order valence-electron chi connectivity index (χ2n) is 15.4. The zero-order valence-electron chi connectivity index (χ0n) is 33.3. The first kappa shape index (κ1) is 36.9. The first-order chi connectivity index (χ1) is 29.7. The Balaban J connectivity index is 1.10. The molecule has 0 bridgehead atoms. The highest BCUT2D eigenvalue weighted by Gasteiger charge is 2.23. The second-order valence-corrected chi connectivity index (χ2v) is 15.4. The number of allylic oxidation sites excluding steroid dienone is 9. The highest BCUT2D eigenvalue weighted by atomic mass is 16.3. The van der Waals surface area contributed by atoms with E-state index in [1.807, 2.05) is 24.3 Å². The third-order valence-electron chi connectivity index (χ3n) is 11.7. The van der Waals surface area contributed by atoms with Gasteiger partial charge in [-0.2, -0.15) is 0 Å². The quantitative estimate of drug-likeness (QED) is 0.139.